The lowest BCUT2D eigenvalue weighted by Crippen LogP contribution is -2.02. The summed E-state index contributed by atoms with van der Waals surface area (Å²) in [5, 5.41) is 0. The van der Waals surface area contributed by atoms with Gasteiger partial charge in [-0.3, -0.25) is 0 Å². The minimum Gasteiger partial charge on any atom is -0.102 e. The van der Waals surface area contributed by atoms with E-state index in [-0.39, 0.29) is 0 Å². The molecule has 0 saturated carbocycles. The summed E-state index contributed by atoms with van der Waals surface area (Å²) in [6.07, 6.45) is 19.9. The molecule has 0 atom stereocenters. The highest BCUT2D eigenvalue weighted by Crippen LogP contribution is 2.50. The fourth-order valence-corrected chi connectivity index (χ4v) is 3.59. The van der Waals surface area contributed by atoms with Crippen LogP contribution in [-0.2, 0) is 0 Å². The van der Waals surface area contributed by atoms with Crippen molar-refractivity contribution in [2.45, 2.75) is 104 Å². The highest BCUT2D eigenvalue weighted by Gasteiger charge is 2.34. The van der Waals surface area contributed by atoms with E-state index in [1.807, 2.05) is 0 Å². The second kappa shape index (κ2) is 9.31. The third kappa shape index (κ3) is 5.19. The zero-order chi connectivity index (χ0) is 14.9. The van der Waals surface area contributed by atoms with Gasteiger partial charge in [-0.1, -0.05) is 84.5 Å². The Labute approximate surface area is 132 Å². The maximum absolute atomic E-state index is 3.41. The van der Waals surface area contributed by atoms with Crippen LogP contribution in [0.2, 0.25) is 0 Å². The van der Waals surface area contributed by atoms with Crippen molar-refractivity contribution in [2.24, 2.45) is 0 Å². The van der Waals surface area contributed by atoms with E-state index in [1.165, 1.54) is 101 Å². The summed E-state index contributed by atoms with van der Waals surface area (Å²) in [7, 11) is 0. The molecule has 0 heteroatoms. The van der Waals surface area contributed by atoms with Crippen LogP contribution < -0.4 is 0 Å². The third-order valence-electron chi connectivity index (χ3n) is 5.04. The summed E-state index contributed by atoms with van der Waals surface area (Å²) in [4.78, 5) is 0. The van der Waals surface area contributed by atoms with Gasteiger partial charge in [0, 0.05) is 11.1 Å². The fourth-order valence-electron chi connectivity index (χ4n) is 3.59. The van der Waals surface area contributed by atoms with Crippen molar-refractivity contribution in [3.8, 4) is 0 Å². The molecule has 21 heavy (non-hydrogen) atoms. The van der Waals surface area contributed by atoms with Gasteiger partial charge in [-0.05, 0) is 30.4 Å². The third-order valence-corrected chi connectivity index (χ3v) is 5.04. The highest BCUT2D eigenvalue weighted by atomic mass is 14.4. The second-order valence-electron chi connectivity index (χ2n) is 6.82. The van der Waals surface area contributed by atoms with Crippen LogP contribution in [0.15, 0.2) is 28.0 Å². The number of allylic oxidation sites excluding steroid dienone is 3. The van der Waals surface area contributed by atoms with Gasteiger partial charge in [0.15, 0.2) is 0 Å². The first-order valence-electron chi connectivity index (χ1n) is 9.62. The van der Waals surface area contributed by atoms with E-state index in [0.29, 0.717) is 0 Å². The molecule has 0 aliphatic heterocycles. The first-order valence-corrected chi connectivity index (χ1v) is 9.62. The SMILES string of the molecule is CCCCCCCCCCCCCCC1=C(CC)C2=C=C21. The smallest absolute Gasteiger partial charge is 0.0360 e. The molecule has 0 fully saturated rings. The van der Waals surface area contributed by atoms with E-state index < -0.39 is 0 Å². The topological polar surface area (TPSA) is 0 Å². The van der Waals surface area contributed by atoms with Crippen molar-refractivity contribution in [1.82, 2.24) is 0 Å². The van der Waals surface area contributed by atoms with Crippen LogP contribution in [0.4, 0.5) is 0 Å². The van der Waals surface area contributed by atoms with Crippen LogP contribution in [0.3, 0.4) is 0 Å². The largest absolute Gasteiger partial charge is 0.102 e. The first-order chi connectivity index (χ1) is 10.4. The monoisotopic (exact) mass is 286 g/mol. The summed E-state index contributed by atoms with van der Waals surface area (Å²) in [6.45, 7) is 4.57. The zero-order valence-electron chi connectivity index (χ0n) is 14.4. The molecule has 0 nitrogen and oxygen atoms in total. The Bertz CT molecular complexity index is 415. The molecule has 2 rings (SSSR count). The van der Waals surface area contributed by atoms with E-state index in [9.17, 15) is 0 Å². The molecule has 0 aromatic rings. The van der Waals surface area contributed by atoms with Crippen LogP contribution in [0.5, 0.6) is 0 Å². The Balaban J connectivity index is 1.33. The maximum Gasteiger partial charge on any atom is 0.0360 e. The number of hydrogen-bond donors (Lipinski definition) is 0. The van der Waals surface area contributed by atoms with Gasteiger partial charge in [0.25, 0.3) is 0 Å². The van der Waals surface area contributed by atoms with Crippen LogP contribution in [0, 0.1) is 0 Å². The molecule has 0 amide bonds. The van der Waals surface area contributed by atoms with Crippen molar-refractivity contribution in [1.29, 1.82) is 0 Å². The average molecular weight is 287 g/mol. The molecule has 0 spiro atoms. The average Bonchev–Trinajstić information content (AvgIpc) is 3.19. The van der Waals surface area contributed by atoms with E-state index in [0.717, 1.165) is 0 Å². The second-order valence-corrected chi connectivity index (χ2v) is 6.82. The van der Waals surface area contributed by atoms with E-state index >= 15 is 0 Å². The molecule has 0 N–H and O–H groups in total. The summed E-state index contributed by atoms with van der Waals surface area (Å²) < 4.78 is 0. The van der Waals surface area contributed by atoms with Crippen LogP contribution in [-0.4, -0.2) is 0 Å². The molecule has 118 valence electrons. The Morgan fingerprint density at radius 2 is 1.05 bits per heavy atom. The van der Waals surface area contributed by atoms with Crippen molar-refractivity contribution >= 4 is 0 Å². The van der Waals surface area contributed by atoms with Gasteiger partial charge in [-0.25, -0.2) is 0 Å². The normalized spacial score (nSPS) is 15.5. The Kier molecular flexibility index (Phi) is 7.37. The van der Waals surface area contributed by atoms with Gasteiger partial charge in [0.2, 0.25) is 0 Å². The van der Waals surface area contributed by atoms with E-state index in [2.05, 4.69) is 19.6 Å². The van der Waals surface area contributed by atoms with Gasteiger partial charge in [-0.15, -0.1) is 5.73 Å². The molecule has 0 aromatic heterocycles. The molecular formula is C21H34. The fraction of sp³-hybridized carbons (Fsp3) is 0.762. The van der Waals surface area contributed by atoms with Crippen LogP contribution >= 0.6 is 0 Å². The zero-order valence-corrected chi connectivity index (χ0v) is 14.4. The number of fused-ring (bicyclic) bond motifs is 1. The van der Waals surface area contributed by atoms with Gasteiger partial charge >= 0.3 is 0 Å². The minimum atomic E-state index is 1.22. The molecule has 0 unspecified atom stereocenters. The molecule has 0 bridgehead atoms. The Hall–Kier alpha value is -0.740. The van der Waals surface area contributed by atoms with Crippen molar-refractivity contribution < 1.29 is 0 Å². The van der Waals surface area contributed by atoms with Gasteiger partial charge in [-0.2, -0.15) is 0 Å². The highest BCUT2D eigenvalue weighted by molar-refractivity contribution is 5.78. The molecule has 2 aliphatic rings. The predicted molar refractivity (Wildman–Crippen MR) is 93.6 cm³/mol. The van der Waals surface area contributed by atoms with Crippen molar-refractivity contribution in [3.63, 3.8) is 0 Å². The van der Waals surface area contributed by atoms with E-state index in [4.69, 9.17) is 0 Å². The molecular weight excluding hydrogens is 252 g/mol. The lowest BCUT2D eigenvalue weighted by Gasteiger charge is -2.19. The van der Waals surface area contributed by atoms with Gasteiger partial charge in [0.05, 0.1) is 0 Å². The predicted octanol–water partition coefficient (Wildman–Crippen LogP) is 7.26. The Morgan fingerprint density at radius 1 is 0.571 bits per heavy atom. The van der Waals surface area contributed by atoms with Crippen molar-refractivity contribution in [3.05, 3.63) is 28.0 Å². The summed E-state index contributed by atoms with van der Waals surface area (Å²) in [5.74, 6) is 0. The molecule has 2 aliphatic carbocycles. The molecule has 0 radical (unpaired) electrons. The Morgan fingerprint density at radius 3 is 1.57 bits per heavy atom. The number of rotatable bonds is 14. The van der Waals surface area contributed by atoms with E-state index in [1.54, 1.807) is 11.1 Å². The first kappa shape index (κ1) is 16.6. The number of unbranched alkanes of at least 4 members (excludes halogenated alkanes) is 11. The maximum atomic E-state index is 3.41. The van der Waals surface area contributed by atoms with Crippen LogP contribution in [0.1, 0.15) is 104 Å². The summed E-state index contributed by atoms with van der Waals surface area (Å²) in [6, 6.07) is 0. The molecule has 0 heterocycles. The van der Waals surface area contributed by atoms with Crippen LogP contribution in [0.25, 0.3) is 0 Å². The van der Waals surface area contributed by atoms with Gasteiger partial charge < -0.3 is 0 Å². The molecule has 0 aromatic carbocycles. The lowest BCUT2D eigenvalue weighted by atomic mass is 9.83. The minimum absolute atomic E-state index is 1.22. The summed E-state index contributed by atoms with van der Waals surface area (Å²) in [5.41, 5.74) is 9.71. The van der Waals surface area contributed by atoms with Crippen molar-refractivity contribution in [2.75, 3.05) is 0 Å². The number of hydrogen-bond acceptors (Lipinski definition) is 0. The standard InChI is InChI=1S/C21H34/c1-3-5-6-7-8-9-10-11-12-13-14-15-16-19-18(4-2)20-17-21(19)20/h3-16H2,1-2H3. The lowest BCUT2D eigenvalue weighted by molar-refractivity contribution is 0.543. The van der Waals surface area contributed by atoms with Gasteiger partial charge in [0.1, 0.15) is 0 Å². The molecule has 0 saturated heterocycles. The quantitative estimate of drug-likeness (QED) is 0.233. The summed E-state index contributed by atoms with van der Waals surface area (Å²) >= 11 is 0.